The summed E-state index contributed by atoms with van der Waals surface area (Å²) in [7, 11) is 0. The first-order valence-electron chi connectivity index (χ1n) is 12.9. The number of likely N-dealkylation sites (tertiary alicyclic amines) is 1. The molecule has 1 aliphatic carbocycles. The highest BCUT2D eigenvalue weighted by Gasteiger charge is 2.72. The number of carbonyl (C=O) groups excluding carboxylic acids is 3. The highest BCUT2D eigenvalue weighted by Crippen LogP contribution is 2.65. The highest BCUT2D eigenvalue weighted by molar-refractivity contribution is 5.90. The van der Waals surface area contributed by atoms with Gasteiger partial charge in [-0.2, -0.15) is 5.26 Å². The lowest BCUT2D eigenvalue weighted by molar-refractivity contribution is -0.119. The Labute approximate surface area is 229 Å². The Morgan fingerprint density at radius 2 is 1.98 bits per heavy atom. The van der Waals surface area contributed by atoms with Gasteiger partial charge in [0.25, 0.3) is 0 Å². The predicted octanol–water partition coefficient (Wildman–Crippen LogP) is 3.75. The molecule has 3 heterocycles. The van der Waals surface area contributed by atoms with Crippen LogP contribution in [0.3, 0.4) is 0 Å². The molecule has 1 aromatic carbocycles. The smallest absolute Gasteiger partial charge is 0.414 e. The standard InChI is InChI=1S/C28H29F2N5O5/c1-15(36)33-10-17-12-35(26(38)39-17)16-7-22(29)24(23(30)8-16)18-11-32-6-5-19(18)28-14-34(13-21(28)20(28)9-31)25(37)40-27(2,3)4/h5-8,11,17,20-21H,10,12-14H2,1-4H3,(H,33,36)/t17-,20-,21+,28+/m0/s1. The van der Waals surface area contributed by atoms with Crippen molar-refractivity contribution in [3.05, 3.63) is 47.8 Å². The number of nitriles is 1. The molecular weight excluding hydrogens is 524 g/mol. The Morgan fingerprint density at radius 1 is 1.27 bits per heavy atom. The Hall–Kier alpha value is -4.27. The highest BCUT2D eigenvalue weighted by atomic mass is 19.1. The maximum Gasteiger partial charge on any atom is 0.414 e. The van der Waals surface area contributed by atoms with Crippen LogP contribution in [0.25, 0.3) is 11.1 Å². The van der Waals surface area contributed by atoms with Crippen molar-refractivity contribution in [3.63, 3.8) is 0 Å². The van der Waals surface area contributed by atoms with E-state index >= 15 is 8.78 Å². The molecule has 2 saturated heterocycles. The molecule has 5 rings (SSSR count). The molecule has 2 aromatic rings. The van der Waals surface area contributed by atoms with Gasteiger partial charge in [-0.25, -0.2) is 18.4 Å². The number of nitrogens with one attached hydrogen (secondary N) is 1. The van der Waals surface area contributed by atoms with Gasteiger partial charge in [-0.1, -0.05) is 0 Å². The zero-order valence-electron chi connectivity index (χ0n) is 22.5. The molecule has 2 aliphatic heterocycles. The number of hydrogen-bond donors (Lipinski definition) is 1. The molecule has 0 bridgehead atoms. The Morgan fingerprint density at radius 3 is 2.60 bits per heavy atom. The monoisotopic (exact) mass is 553 g/mol. The van der Waals surface area contributed by atoms with Crippen LogP contribution in [0.15, 0.2) is 30.6 Å². The van der Waals surface area contributed by atoms with Crippen LogP contribution in [0.1, 0.15) is 33.3 Å². The van der Waals surface area contributed by atoms with Crippen LogP contribution in [0.2, 0.25) is 0 Å². The summed E-state index contributed by atoms with van der Waals surface area (Å²) >= 11 is 0. The fourth-order valence-corrected chi connectivity index (χ4v) is 5.81. The summed E-state index contributed by atoms with van der Waals surface area (Å²) in [6, 6.07) is 6.02. The molecule has 0 radical (unpaired) electrons. The average molecular weight is 554 g/mol. The number of piperidine rings is 1. The summed E-state index contributed by atoms with van der Waals surface area (Å²) in [5, 5.41) is 12.4. The number of cyclic esters (lactones) is 1. The van der Waals surface area contributed by atoms with Crippen molar-refractivity contribution in [2.75, 3.05) is 31.1 Å². The summed E-state index contributed by atoms with van der Waals surface area (Å²) in [4.78, 5) is 43.1. The van der Waals surface area contributed by atoms with Gasteiger partial charge in [0.05, 0.1) is 36.3 Å². The Bertz CT molecular complexity index is 1410. The largest absolute Gasteiger partial charge is 0.444 e. The molecule has 1 saturated carbocycles. The zero-order valence-corrected chi connectivity index (χ0v) is 22.5. The van der Waals surface area contributed by atoms with Crippen LogP contribution in [0.4, 0.5) is 24.1 Å². The van der Waals surface area contributed by atoms with Gasteiger partial charge < -0.3 is 19.7 Å². The van der Waals surface area contributed by atoms with Crippen molar-refractivity contribution in [2.45, 2.75) is 44.8 Å². The zero-order chi connectivity index (χ0) is 29.0. The summed E-state index contributed by atoms with van der Waals surface area (Å²) in [6.07, 6.45) is 0.874. The molecule has 10 nitrogen and oxygen atoms in total. The van der Waals surface area contributed by atoms with E-state index in [0.717, 1.165) is 17.0 Å². The van der Waals surface area contributed by atoms with Crippen LogP contribution >= 0.6 is 0 Å². The van der Waals surface area contributed by atoms with E-state index in [2.05, 4.69) is 16.4 Å². The lowest BCUT2D eigenvalue weighted by Gasteiger charge is -2.27. The molecule has 210 valence electrons. The molecule has 4 atom stereocenters. The molecule has 3 amide bonds. The van der Waals surface area contributed by atoms with E-state index in [0.29, 0.717) is 5.56 Å². The van der Waals surface area contributed by atoms with Crippen molar-refractivity contribution in [3.8, 4) is 17.2 Å². The number of fused-ring (bicyclic) bond motifs is 1. The van der Waals surface area contributed by atoms with E-state index < -0.39 is 46.9 Å². The SMILES string of the molecule is CC(=O)NC[C@H]1CN(c2cc(F)c(-c3cnccc3[C@@]34CN(C(=O)OC(C)(C)C)C[C@@H]3[C@@H]4C#N)c(F)c2)C(=O)O1. The number of aromatic nitrogens is 1. The first-order valence-corrected chi connectivity index (χ1v) is 12.9. The minimum Gasteiger partial charge on any atom is -0.444 e. The van der Waals surface area contributed by atoms with Gasteiger partial charge in [0.15, 0.2) is 0 Å². The summed E-state index contributed by atoms with van der Waals surface area (Å²) < 4.78 is 42.0. The molecular formula is C28H29F2N5O5. The number of carbonyl (C=O) groups is 3. The first-order chi connectivity index (χ1) is 18.9. The first kappa shape index (κ1) is 27.3. The van der Waals surface area contributed by atoms with Crippen molar-refractivity contribution < 1.29 is 32.6 Å². The second-order valence-corrected chi connectivity index (χ2v) is 11.4. The molecule has 0 unspecified atom stereocenters. The topological polar surface area (TPSA) is 125 Å². The van der Waals surface area contributed by atoms with Crippen molar-refractivity contribution in [2.24, 2.45) is 11.8 Å². The number of pyridine rings is 1. The van der Waals surface area contributed by atoms with Gasteiger partial charge in [-0.15, -0.1) is 0 Å². The van der Waals surface area contributed by atoms with Gasteiger partial charge in [-0.05, 0) is 44.5 Å². The number of hydrogen-bond acceptors (Lipinski definition) is 7. The fourth-order valence-electron chi connectivity index (χ4n) is 5.81. The number of ether oxygens (including phenoxy) is 2. The molecule has 0 spiro atoms. The molecule has 3 aliphatic rings. The minimum atomic E-state index is -0.925. The van der Waals surface area contributed by atoms with Crippen LogP contribution in [0, 0.1) is 34.8 Å². The van der Waals surface area contributed by atoms with Crippen LogP contribution in [-0.4, -0.2) is 65.9 Å². The number of halogens is 2. The van der Waals surface area contributed by atoms with Gasteiger partial charge in [-0.3, -0.25) is 14.7 Å². The van der Waals surface area contributed by atoms with Gasteiger partial charge in [0.1, 0.15) is 23.3 Å². The van der Waals surface area contributed by atoms with E-state index in [4.69, 9.17) is 9.47 Å². The van der Waals surface area contributed by atoms with E-state index in [9.17, 15) is 19.6 Å². The average Bonchev–Trinajstić information content (AvgIpc) is 3.12. The van der Waals surface area contributed by atoms with Crippen molar-refractivity contribution in [1.82, 2.24) is 15.2 Å². The van der Waals surface area contributed by atoms with Gasteiger partial charge >= 0.3 is 12.2 Å². The molecule has 40 heavy (non-hydrogen) atoms. The van der Waals surface area contributed by atoms with Crippen molar-refractivity contribution in [1.29, 1.82) is 5.26 Å². The lowest BCUT2D eigenvalue weighted by Crippen LogP contribution is -2.38. The van der Waals surface area contributed by atoms with Gasteiger partial charge in [0, 0.05) is 49.3 Å². The third-order valence-electron chi connectivity index (χ3n) is 7.55. The minimum absolute atomic E-state index is 0.00459. The quantitative estimate of drug-likeness (QED) is 0.598. The van der Waals surface area contributed by atoms with E-state index in [1.807, 2.05) is 0 Å². The maximum absolute atomic E-state index is 15.7. The molecule has 12 heteroatoms. The maximum atomic E-state index is 15.7. The molecule has 1 N–H and O–H groups in total. The predicted molar refractivity (Wildman–Crippen MR) is 138 cm³/mol. The molecule has 1 aromatic heterocycles. The Balaban J connectivity index is 1.46. The van der Waals surface area contributed by atoms with E-state index in [-0.39, 0.29) is 54.8 Å². The van der Waals surface area contributed by atoms with E-state index in [1.165, 1.54) is 24.2 Å². The van der Waals surface area contributed by atoms with Gasteiger partial charge in [0.2, 0.25) is 5.91 Å². The van der Waals surface area contributed by atoms with Crippen LogP contribution < -0.4 is 10.2 Å². The number of amides is 3. The molecule has 3 fully saturated rings. The summed E-state index contributed by atoms with van der Waals surface area (Å²) in [5.74, 6) is -2.82. The number of rotatable bonds is 5. The van der Waals surface area contributed by atoms with E-state index in [1.54, 1.807) is 26.8 Å². The fraction of sp³-hybridized carbons (Fsp3) is 0.464. The third kappa shape index (κ3) is 4.69. The second-order valence-electron chi connectivity index (χ2n) is 11.4. The van der Waals surface area contributed by atoms with Crippen LogP contribution in [-0.2, 0) is 19.7 Å². The number of anilines is 1. The normalized spacial score (nSPS) is 25.2. The van der Waals surface area contributed by atoms with Crippen molar-refractivity contribution >= 4 is 23.8 Å². The Kier molecular flexibility index (Phi) is 6.64. The summed E-state index contributed by atoms with van der Waals surface area (Å²) in [6.45, 7) is 7.14. The van der Waals surface area contributed by atoms with Crippen LogP contribution in [0.5, 0.6) is 0 Å². The summed E-state index contributed by atoms with van der Waals surface area (Å²) in [5.41, 5.74) is -1.21. The lowest BCUT2D eigenvalue weighted by atomic mass is 9.87. The third-order valence-corrected chi connectivity index (χ3v) is 7.55. The number of benzene rings is 1. The second kappa shape index (κ2) is 9.73. The number of nitrogens with zero attached hydrogens (tertiary/aromatic N) is 4.